The van der Waals surface area contributed by atoms with Crippen LogP contribution >= 0.6 is 0 Å². The van der Waals surface area contributed by atoms with E-state index in [9.17, 15) is 4.79 Å². The lowest BCUT2D eigenvalue weighted by Gasteiger charge is -2.15. The van der Waals surface area contributed by atoms with E-state index in [1.165, 1.54) is 0 Å². The van der Waals surface area contributed by atoms with Crippen molar-refractivity contribution in [2.24, 2.45) is 4.99 Å². The molecule has 1 aliphatic rings. The van der Waals surface area contributed by atoms with Gasteiger partial charge in [-0.25, -0.2) is 0 Å². The summed E-state index contributed by atoms with van der Waals surface area (Å²) in [6, 6.07) is 3.76. The molecule has 2 heterocycles. The molecule has 1 aromatic heterocycles. The smallest absolute Gasteiger partial charge is 0.185 e. The van der Waals surface area contributed by atoms with Crippen LogP contribution in [0, 0.1) is 0 Å². The van der Waals surface area contributed by atoms with Crippen molar-refractivity contribution in [1.82, 2.24) is 4.98 Å². The standard InChI is InChI=1S/C9H9N3O/c13-7-9-11-4-5-12(9)8-2-1-3-10-6-8/h1-3,6-7H,4-5H2. The van der Waals surface area contributed by atoms with Crippen LogP contribution in [0.3, 0.4) is 0 Å². The lowest BCUT2D eigenvalue weighted by Crippen LogP contribution is -2.28. The summed E-state index contributed by atoms with van der Waals surface area (Å²) in [6.07, 6.45) is 4.21. The second-order valence-corrected chi connectivity index (χ2v) is 2.72. The van der Waals surface area contributed by atoms with Crippen molar-refractivity contribution in [3.63, 3.8) is 0 Å². The van der Waals surface area contributed by atoms with Gasteiger partial charge in [0, 0.05) is 12.7 Å². The number of nitrogens with zero attached hydrogens (tertiary/aromatic N) is 3. The second-order valence-electron chi connectivity index (χ2n) is 2.72. The second kappa shape index (κ2) is 3.35. The fourth-order valence-electron chi connectivity index (χ4n) is 1.34. The van der Waals surface area contributed by atoms with Crippen molar-refractivity contribution in [3.8, 4) is 0 Å². The average Bonchev–Trinajstić information content (AvgIpc) is 2.67. The highest BCUT2D eigenvalue weighted by Crippen LogP contribution is 2.14. The lowest BCUT2D eigenvalue weighted by atomic mass is 10.3. The Bertz CT molecular complexity index is 334. The molecule has 0 saturated carbocycles. The number of anilines is 1. The minimum Gasteiger partial charge on any atom is -0.321 e. The highest BCUT2D eigenvalue weighted by atomic mass is 16.1. The highest BCUT2D eigenvalue weighted by Gasteiger charge is 2.17. The molecule has 0 N–H and O–H groups in total. The van der Waals surface area contributed by atoms with E-state index in [1.807, 2.05) is 17.0 Å². The van der Waals surface area contributed by atoms with Gasteiger partial charge in [-0.1, -0.05) is 0 Å². The van der Waals surface area contributed by atoms with E-state index in [4.69, 9.17) is 0 Å². The lowest BCUT2D eigenvalue weighted by molar-refractivity contribution is -0.102. The fourth-order valence-corrected chi connectivity index (χ4v) is 1.34. The SMILES string of the molecule is O=CC1=NCCN1c1cccnc1. The zero-order valence-electron chi connectivity index (χ0n) is 7.05. The van der Waals surface area contributed by atoms with E-state index >= 15 is 0 Å². The number of aromatic nitrogens is 1. The van der Waals surface area contributed by atoms with E-state index in [0.717, 1.165) is 18.5 Å². The van der Waals surface area contributed by atoms with Crippen LogP contribution in [0.5, 0.6) is 0 Å². The Hall–Kier alpha value is -1.71. The van der Waals surface area contributed by atoms with Gasteiger partial charge in [-0.05, 0) is 12.1 Å². The zero-order chi connectivity index (χ0) is 9.10. The molecule has 1 aliphatic heterocycles. The molecule has 1 aromatic rings. The van der Waals surface area contributed by atoms with Crippen LogP contribution in [-0.2, 0) is 4.79 Å². The number of aldehydes is 1. The molecule has 0 bridgehead atoms. The summed E-state index contributed by atoms with van der Waals surface area (Å²) in [5, 5.41) is 0. The summed E-state index contributed by atoms with van der Waals surface area (Å²) >= 11 is 0. The predicted molar refractivity (Wildman–Crippen MR) is 49.9 cm³/mol. The van der Waals surface area contributed by atoms with Gasteiger partial charge in [-0.15, -0.1) is 0 Å². The normalized spacial score (nSPS) is 15.7. The molecule has 0 unspecified atom stereocenters. The van der Waals surface area contributed by atoms with Crippen LogP contribution < -0.4 is 4.90 Å². The molecule has 0 amide bonds. The molecule has 13 heavy (non-hydrogen) atoms. The number of amidine groups is 1. The van der Waals surface area contributed by atoms with Gasteiger partial charge in [0.05, 0.1) is 18.4 Å². The molecule has 0 atom stereocenters. The first kappa shape index (κ1) is 7.91. The Kier molecular flexibility index (Phi) is 2.04. The number of pyridine rings is 1. The largest absolute Gasteiger partial charge is 0.321 e. The van der Waals surface area contributed by atoms with E-state index in [0.29, 0.717) is 12.4 Å². The van der Waals surface area contributed by atoms with E-state index in [2.05, 4.69) is 9.98 Å². The van der Waals surface area contributed by atoms with Crippen molar-refractivity contribution in [3.05, 3.63) is 24.5 Å². The van der Waals surface area contributed by atoms with Gasteiger partial charge in [0.15, 0.2) is 12.1 Å². The van der Waals surface area contributed by atoms with E-state index < -0.39 is 0 Å². The van der Waals surface area contributed by atoms with Crippen LogP contribution in [0.4, 0.5) is 5.69 Å². The van der Waals surface area contributed by atoms with Gasteiger partial charge in [-0.3, -0.25) is 14.8 Å². The molecule has 4 heteroatoms. The van der Waals surface area contributed by atoms with Crippen LogP contribution in [0.25, 0.3) is 0 Å². The van der Waals surface area contributed by atoms with Crippen LogP contribution in [0.15, 0.2) is 29.5 Å². The Labute approximate surface area is 75.9 Å². The third-order valence-corrected chi connectivity index (χ3v) is 1.94. The van der Waals surface area contributed by atoms with Gasteiger partial charge in [0.1, 0.15) is 0 Å². The first-order chi connectivity index (χ1) is 6.42. The molecule has 4 nitrogen and oxygen atoms in total. The number of carbonyl (C=O) groups excluding carboxylic acids is 1. The van der Waals surface area contributed by atoms with Crippen LogP contribution in [0.1, 0.15) is 0 Å². The first-order valence-electron chi connectivity index (χ1n) is 4.09. The third kappa shape index (κ3) is 1.42. The van der Waals surface area contributed by atoms with Crippen molar-refractivity contribution >= 4 is 17.8 Å². The minimum absolute atomic E-state index is 0.494. The van der Waals surface area contributed by atoms with Crippen molar-refractivity contribution in [2.45, 2.75) is 0 Å². The van der Waals surface area contributed by atoms with Gasteiger partial charge in [0.25, 0.3) is 0 Å². The molecule has 0 radical (unpaired) electrons. The first-order valence-corrected chi connectivity index (χ1v) is 4.09. The molecule has 0 aliphatic carbocycles. The van der Waals surface area contributed by atoms with Gasteiger partial charge < -0.3 is 4.90 Å². The molecule has 66 valence electrons. The summed E-state index contributed by atoms with van der Waals surface area (Å²) in [7, 11) is 0. The Morgan fingerprint density at radius 3 is 3.15 bits per heavy atom. The minimum atomic E-state index is 0.494. The molecule has 0 aromatic carbocycles. The number of rotatable bonds is 2. The monoisotopic (exact) mass is 175 g/mol. The summed E-state index contributed by atoms with van der Waals surface area (Å²) in [4.78, 5) is 20.5. The van der Waals surface area contributed by atoms with Gasteiger partial charge in [-0.2, -0.15) is 0 Å². The molecular weight excluding hydrogens is 166 g/mol. The average molecular weight is 175 g/mol. The molecule has 0 fully saturated rings. The maximum Gasteiger partial charge on any atom is 0.185 e. The number of carbonyl (C=O) groups is 1. The number of hydrogen-bond acceptors (Lipinski definition) is 4. The quantitative estimate of drug-likeness (QED) is 0.615. The van der Waals surface area contributed by atoms with Crippen molar-refractivity contribution in [2.75, 3.05) is 18.0 Å². The van der Waals surface area contributed by atoms with Gasteiger partial charge in [0.2, 0.25) is 0 Å². The van der Waals surface area contributed by atoms with E-state index in [-0.39, 0.29) is 0 Å². The number of hydrogen-bond donors (Lipinski definition) is 0. The van der Waals surface area contributed by atoms with Crippen molar-refractivity contribution in [1.29, 1.82) is 0 Å². The van der Waals surface area contributed by atoms with Crippen molar-refractivity contribution < 1.29 is 4.79 Å². The predicted octanol–water partition coefficient (Wildman–Crippen LogP) is 0.499. The Morgan fingerprint density at radius 1 is 1.54 bits per heavy atom. The van der Waals surface area contributed by atoms with Crippen LogP contribution in [-0.4, -0.2) is 30.2 Å². The zero-order valence-corrected chi connectivity index (χ0v) is 7.05. The molecule has 0 spiro atoms. The summed E-state index contributed by atoms with van der Waals surface area (Å²) < 4.78 is 0. The number of aliphatic imine (C=N–C) groups is 1. The fraction of sp³-hybridized carbons (Fsp3) is 0.222. The van der Waals surface area contributed by atoms with E-state index in [1.54, 1.807) is 12.4 Å². The highest BCUT2D eigenvalue weighted by molar-refractivity contribution is 6.34. The molecule has 2 rings (SSSR count). The Balaban J connectivity index is 2.28. The summed E-state index contributed by atoms with van der Waals surface area (Å²) in [5.74, 6) is 0.494. The maximum absolute atomic E-state index is 10.6. The molecule has 0 saturated heterocycles. The van der Waals surface area contributed by atoms with Crippen LogP contribution in [0.2, 0.25) is 0 Å². The summed E-state index contributed by atoms with van der Waals surface area (Å²) in [6.45, 7) is 1.45. The molecular formula is C9H9N3O. The van der Waals surface area contributed by atoms with Gasteiger partial charge >= 0.3 is 0 Å². The summed E-state index contributed by atoms with van der Waals surface area (Å²) in [5.41, 5.74) is 0.922. The maximum atomic E-state index is 10.6. The third-order valence-electron chi connectivity index (χ3n) is 1.94. The topological polar surface area (TPSA) is 45.6 Å². The Morgan fingerprint density at radius 2 is 2.46 bits per heavy atom.